The van der Waals surface area contributed by atoms with Gasteiger partial charge in [-0.05, 0) is 37.2 Å². The first-order valence-corrected chi connectivity index (χ1v) is 10.7. The van der Waals surface area contributed by atoms with E-state index in [1.54, 1.807) is 28.2 Å². The number of thioether (sulfide) groups is 1. The van der Waals surface area contributed by atoms with Crippen molar-refractivity contribution in [1.82, 2.24) is 14.2 Å². The molecule has 25 heavy (non-hydrogen) atoms. The van der Waals surface area contributed by atoms with Crippen LogP contribution >= 0.6 is 11.8 Å². The summed E-state index contributed by atoms with van der Waals surface area (Å²) in [6.45, 7) is 4.67. The number of aryl methyl sites for hydroxylation is 1. The molecular formula is C18H23N3O2S2. The SMILES string of the molecule is Cc1ccccc1CSc1ccc(S(=O)(=O)N2CCN(C)CC2)cn1. The fraction of sp³-hybridized carbons (Fsp3) is 0.389. The van der Waals surface area contributed by atoms with Gasteiger partial charge in [-0.3, -0.25) is 0 Å². The lowest BCUT2D eigenvalue weighted by molar-refractivity contribution is 0.222. The van der Waals surface area contributed by atoms with Gasteiger partial charge < -0.3 is 4.90 Å². The molecule has 0 amide bonds. The van der Waals surface area contributed by atoms with Crippen LogP contribution < -0.4 is 0 Å². The van der Waals surface area contributed by atoms with Gasteiger partial charge in [0.2, 0.25) is 10.0 Å². The van der Waals surface area contributed by atoms with Gasteiger partial charge in [-0.25, -0.2) is 13.4 Å². The molecule has 0 atom stereocenters. The Bertz CT molecular complexity index is 814. The average Bonchev–Trinajstić information content (AvgIpc) is 2.62. The van der Waals surface area contributed by atoms with Crippen molar-refractivity contribution in [1.29, 1.82) is 0 Å². The number of hydrogen-bond donors (Lipinski definition) is 0. The van der Waals surface area contributed by atoms with E-state index in [0.717, 1.165) is 23.9 Å². The predicted octanol–water partition coefficient (Wildman–Crippen LogP) is 2.62. The van der Waals surface area contributed by atoms with Crippen LogP contribution in [-0.2, 0) is 15.8 Å². The van der Waals surface area contributed by atoms with Crippen molar-refractivity contribution < 1.29 is 8.42 Å². The van der Waals surface area contributed by atoms with Gasteiger partial charge >= 0.3 is 0 Å². The Kier molecular flexibility index (Phi) is 5.78. The van der Waals surface area contributed by atoms with Crippen LogP contribution in [0.15, 0.2) is 52.5 Å². The summed E-state index contributed by atoms with van der Waals surface area (Å²) in [4.78, 5) is 6.76. The molecule has 0 saturated carbocycles. The lowest BCUT2D eigenvalue weighted by Crippen LogP contribution is -2.47. The Hall–Kier alpha value is -1.41. The predicted molar refractivity (Wildman–Crippen MR) is 101 cm³/mol. The Morgan fingerprint density at radius 2 is 1.80 bits per heavy atom. The van der Waals surface area contributed by atoms with Gasteiger partial charge in [0, 0.05) is 38.1 Å². The molecule has 1 aromatic heterocycles. The van der Waals surface area contributed by atoms with E-state index in [-0.39, 0.29) is 4.90 Å². The maximum Gasteiger partial charge on any atom is 0.244 e. The number of sulfonamides is 1. The fourth-order valence-corrected chi connectivity index (χ4v) is 4.99. The monoisotopic (exact) mass is 377 g/mol. The summed E-state index contributed by atoms with van der Waals surface area (Å²) in [5.41, 5.74) is 2.52. The Balaban J connectivity index is 1.66. The summed E-state index contributed by atoms with van der Waals surface area (Å²) in [5, 5.41) is 0.834. The van der Waals surface area contributed by atoms with Gasteiger partial charge in [0.25, 0.3) is 0 Å². The average molecular weight is 378 g/mol. The van der Waals surface area contributed by atoms with Gasteiger partial charge in [-0.1, -0.05) is 24.3 Å². The summed E-state index contributed by atoms with van der Waals surface area (Å²) < 4.78 is 26.9. The van der Waals surface area contributed by atoms with Gasteiger partial charge in [-0.15, -0.1) is 11.8 Å². The van der Waals surface area contributed by atoms with E-state index < -0.39 is 10.0 Å². The normalized spacial score (nSPS) is 16.9. The van der Waals surface area contributed by atoms with Crippen LogP contribution in [0.5, 0.6) is 0 Å². The van der Waals surface area contributed by atoms with Gasteiger partial charge in [0.15, 0.2) is 0 Å². The zero-order valence-electron chi connectivity index (χ0n) is 14.6. The van der Waals surface area contributed by atoms with Crippen molar-refractivity contribution in [2.45, 2.75) is 22.6 Å². The zero-order chi connectivity index (χ0) is 17.9. The molecule has 1 fully saturated rings. The van der Waals surface area contributed by atoms with E-state index in [4.69, 9.17) is 0 Å². The number of nitrogens with zero attached hydrogens (tertiary/aromatic N) is 3. The van der Waals surface area contributed by atoms with E-state index in [1.165, 1.54) is 17.3 Å². The molecule has 7 heteroatoms. The Labute approximate surface area is 154 Å². The maximum atomic E-state index is 12.7. The van der Waals surface area contributed by atoms with E-state index >= 15 is 0 Å². The highest BCUT2D eigenvalue weighted by Crippen LogP contribution is 2.24. The van der Waals surface area contributed by atoms with E-state index in [9.17, 15) is 8.42 Å². The smallest absolute Gasteiger partial charge is 0.244 e. The number of pyridine rings is 1. The molecule has 1 aromatic carbocycles. The third kappa shape index (κ3) is 4.41. The van der Waals surface area contributed by atoms with Crippen LogP contribution in [-0.4, -0.2) is 55.8 Å². The minimum Gasteiger partial charge on any atom is -0.304 e. The van der Waals surface area contributed by atoms with Crippen molar-refractivity contribution in [2.24, 2.45) is 0 Å². The quantitative estimate of drug-likeness (QED) is 0.750. The standard InChI is InChI=1S/C18H23N3O2S2/c1-15-5-3-4-6-16(15)14-24-18-8-7-17(13-19-18)25(22,23)21-11-9-20(2)10-12-21/h3-8,13H,9-12,14H2,1-2H3. The molecule has 0 bridgehead atoms. The molecule has 0 radical (unpaired) electrons. The summed E-state index contributed by atoms with van der Waals surface area (Å²) in [7, 11) is -1.44. The maximum absolute atomic E-state index is 12.7. The van der Waals surface area contributed by atoms with Crippen molar-refractivity contribution in [3.05, 3.63) is 53.7 Å². The van der Waals surface area contributed by atoms with E-state index in [1.807, 2.05) is 19.2 Å². The van der Waals surface area contributed by atoms with Crippen molar-refractivity contribution in [2.75, 3.05) is 33.2 Å². The van der Waals surface area contributed by atoms with Crippen LogP contribution in [0.3, 0.4) is 0 Å². The molecule has 0 unspecified atom stereocenters. The third-order valence-corrected chi connectivity index (χ3v) is 7.32. The van der Waals surface area contributed by atoms with Crippen LogP contribution in [0.1, 0.15) is 11.1 Å². The summed E-state index contributed by atoms with van der Waals surface area (Å²) >= 11 is 1.62. The molecule has 1 aliphatic rings. The van der Waals surface area contributed by atoms with Gasteiger partial charge in [0.1, 0.15) is 4.90 Å². The Morgan fingerprint density at radius 3 is 2.44 bits per heavy atom. The number of aromatic nitrogens is 1. The molecule has 1 saturated heterocycles. The molecule has 2 aromatic rings. The lowest BCUT2D eigenvalue weighted by atomic mass is 10.1. The second-order valence-electron chi connectivity index (χ2n) is 6.25. The summed E-state index contributed by atoms with van der Waals surface area (Å²) in [5.74, 6) is 0.824. The lowest BCUT2D eigenvalue weighted by Gasteiger charge is -2.31. The van der Waals surface area contributed by atoms with Crippen LogP contribution in [0.4, 0.5) is 0 Å². The second kappa shape index (κ2) is 7.86. The van der Waals surface area contributed by atoms with Crippen LogP contribution in [0.2, 0.25) is 0 Å². The topological polar surface area (TPSA) is 53.5 Å². The minimum absolute atomic E-state index is 0.275. The first-order chi connectivity index (χ1) is 12.0. The summed E-state index contributed by atoms with van der Waals surface area (Å²) in [6, 6.07) is 11.7. The number of piperazine rings is 1. The molecule has 0 aliphatic carbocycles. The van der Waals surface area contributed by atoms with Crippen LogP contribution in [0, 0.1) is 6.92 Å². The molecule has 3 rings (SSSR count). The highest BCUT2D eigenvalue weighted by atomic mass is 32.2. The van der Waals surface area contributed by atoms with Gasteiger partial charge in [0.05, 0.1) is 5.03 Å². The number of likely N-dealkylation sites (N-methyl/N-ethyl adjacent to an activating group) is 1. The van der Waals surface area contributed by atoms with E-state index in [2.05, 4.69) is 28.9 Å². The molecule has 134 valence electrons. The minimum atomic E-state index is -3.44. The molecule has 2 heterocycles. The largest absolute Gasteiger partial charge is 0.304 e. The number of hydrogen-bond acceptors (Lipinski definition) is 5. The first-order valence-electron chi connectivity index (χ1n) is 8.29. The molecule has 0 spiro atoms. The highest BCUT2D eigenvalue weighted by Gasteiger charge is 2.27. The first kappa shape index (κ1) is 18.4. The second-order valence-corrected chi connectivity index (χ2v) is 9.19. The Morgan fingerprint density at radius 1 is 1.08 bits per heavy atom. The highest BCUT2D eigenvalue weighted by molar-refractivity contribution is 7.98. The van der Waals surface area contributed by atoms with Crippen molar-refractivity contribution >= 4 is 21.8 Å². The fourth-order valence-electron chi connectivity index (χ4n) is 2.71. The van der Waals surface area contributed by atoms with E-state index in [0.29, 0.717) is 13.1 Å². The van der Waals surface area contributed by atoms with Gasteiger partial charge in [-0.2, -0.15) is 4.31 Å². The van der Waals surface area contributed by atoms with Crippen molar-refractivity contribution in [3.63, 3.8) is 0 Å². The molecular weight excluding hydrogens is 354 g/mol. The zero-order valence-corrected chi connectivity index (χ0v) is 16.2. The third-order valence-electron chi connectivity index (χ3n) is 4.45. The van der Waals surface area contributed by atoms with Crippen molar-refractivity contribution in [3.8, 4) is 0 Å². The molecule has 1 aliphatic heterocycles. The van der Waals surface area contributed by atoms with Crippen LogP contribution in [0.25, 0.3) is 0 Å². The number of benzene rings is 1. The molecule has 5 nitrogen and oxygen atoms in total. The number of rotatable bonds is 5. The summed E-state index contributed by atoms with van der Waals surface area (Å²) in [6.07, 6.45) is 1.48. The molecule has 0 N–H and O–H groups in total.